The molecule has 0 unspecified atom stereocenters. The van der Waals surface area contributed by atoms with Gasteiger partial charge in [-0.1, -0.05) is 11.6 Å². The zero-order chi connectivity index (χ0) is 12.1. The summed E-state index contributed by atoms with van der Waals surface area (Å²) < 4.78 is 10.6. The molecule has 0 aromatic heterocycles. The van der Waals surface area contributed by atoms with Crippen LogP contribution in [0.2, 0.25) is 5.02 Å². The Kier molecular flexibility index (Phi) is 4.74. The van der Waals surface area contributed by atoms with Crippen molar-refractivity contribution in [1.29, 1.82) is 0 Å². The Labute approximate surface area is 102 Å². The van der Waals surface area contributed by atoms with Gasteiger partial charge in [0.1, 0.15) is 0 Å². The predicted molar refractivity (Wildman–Crippen MR) is 68.1 cm³/mol. The molecular weight excluding hydrogens is 226 g/mol. The van der Waals surface area contributed by atoms with E-state index >= 15 is 0 Å². The SMILES string of the molecule is CCN(CC)c1ccc(Cl)c(OC)c1OC. The fourth-order valence-corrected chi connectivity index (χ4v) is 1.95. The minimum Gasteiger partial charge on any atom is -0.491 e. The van der Waals surface area contributed by atoms with Crippen LogP contribution < -0.4 is 14.4 Å². The van der Waals surface area contributed by atoms with Crippen LogP contribution >= 0.6 is 11.6 Å². The molecule has 0 bridgehead atoms. The first-order valence-corrected chi connectivity index (χ1v) is 5.72. The molecule has 0 saturated carbocycles. The van der Waals surface area contributed by atoms with Crippen molar-refractivity contribution in [3.63, 3.8) is 0 Å². The van der Waals surface area contributed by atoms with Crippen LogP contribution in [-0.4, -0.2) is 27.3 Å². The Bertz CT molecular complexity index is 351. The van der Waals surface area contributed by atoms with Gasteiger partial charge in [-0.05, 0) is 26.0 Å². The lowest BCUT2D eigenvalue weighted by Crippen LogP contribution is -2.22. The van der Waals surface area contributed by atoms with Gasteiger partial charge in [0.25, 0.3) is 0 Å². The van der Waals surface area contributed by atoms with Crippen LogP contribution in [-0.2, 0) is 0 Å². The van der Waals surface area contributed by atoms with Crippen molar-refractivity contribution in [2.24, 2.45) is 0 Å². The summed E-state index contributed by atoms with van der Waals surface area (Å²) in [6, 6.07) is 3.78. The fourth-order valence-electron chi connectivity index (χ4n) is 1.73. The largest absolute Gasteiger partial charge is 0.491 e. The molecule has 90 valence electrons. The molecule has 0 aliphatic heterocycles. The predicted octanol–water partition coefficient (Wildman–Crippen LogP) is 3.20. The number of nitrogens with zero attached hydrogens (tertiary/aromatic N) is 1. The van der Waals surface area contributed by atoms with E-state index in [0.717, 1.165) is 18.8 Å². The first-order valence-electron chi connectivity index (χ1n) is 5.34. The highest BCUT2D eigenvalue weighted by molar-refractivity contribution is 6.32. The summed E-state index contributed by atoms with van der Waals surface area (Å²) in [4.78, 5) is 2.19. The summed E-state index contributed by atoms with van der Waals surface area (Å²) in [5, 5.41) is 0.565. The third-order valence-corrected chi connectivity index (χ3v) is 2.85. The molecule has 16 heavy (non-hydrogen) atoms. The topological polar surface area (TPSA) is 21.7 Å². The van der Waals surface area contributed by atoms with E-state index in [0.29, 0.717) is 16.5 Å². The number of hydrogen-bond donors (Lipinski definition) is 0. The summed E-state index contributed by atoms with van der Waals surface area (Å²) in [5.41, 5.74) is 1.01. The number of ether oxygens (including phenoxy) is 2. The monoisotopic (exact) mass is 243 g/mol. The summed E-state index contributed by atoms with van der Waals surface area (Å²) in [6.07, 6.45) is 0. The highest BCUT2D eigenvalue weighted by Gasteiger charge is 2.16. The normalized spacial score (nSPS) is 10.1. The Hall–Kier alpha value is -1.09. The van der Waals surface area contributed by atoms with Crippen molar-refractivity contribution in [3.05, 3.63) is 17.2 Å². The molecule has 0 spiro atoms. The Morgan fingerprint density at radius 3 is 2.06 bits per heavy atom. The quantitative estimate of drug-likeness (QED) is 0.793. The maximum Gasteiger partial charge on any atom is 0.185 e. The Balaban J connectivity index is 3.28. The highest BCUT2D eigenvalue weighted by Crippen LogP contribution is 2.42. The molecule has 0 amide bonds. The summed E-state index contributed by atoms with van der Waals surface area (Å²) in [6.45, 7) is 6.03. The first kappa shape index (κ1) is 13.0. The second-order valence-electron chi connectivity index (χ2n) is 3.31. The lowest BCUT2D eigenvalue weighted by molar-refractivity contribution is 0.355. The second kappa shape index (κ2) is 5.85. The molecule has 1 aromatic rings. The Morgan fingerprint density at radius 2 is 1.62 bits per heavy atom. The van der Waals surface area contributed by atoms with Crippen LogP contribution in [0.3, 0.4) is 0 Å². The molecule has 0 aliphatic carbocycles. The minimum atomic E-state index is 0.565. The number of halogens is 1. The average molecular weight is 244 g/mol. The number of anilines is 1. The van der Waals surface area contributed by atoms with Crippen molar-refractivity contribution < 1.29 is 9.47 Å². The van der Waals surface area contributed by atoms with Crippen molar-refractivity contribution >= 4 is 17.3 Å². The minimum absolute atomic E-state index is 0.565. The molecule has 0 atom stereocenters. The fraction of sp³-hybridized carbons (Fsp3) is 0.500. The van der Waals surface area contributed by atoms with Gasteiger partial charge in [-0.25, -0.2) is 0 Å². The van der Waals surface area contributed by atoms with Gasteiger partial charge in [0.15, 0.2) is 11.5 Å². The molecule has 4 heteroatoms. The van der Waals surface area contributed by atoms with Crippen LogP contribution in [0.5, 0.6) is 11.5 Å². The third kappa shape index (κ3) is 2.35. The van der Waals surface area contributed by atoms with Crippen molar-refractivity contribution in [2.45, 2.75) is 13.8 Å². The van der Waals surface area contributed by atoms with Gasteiger partial charge in [0.2, 0.25) is 0 Å². The van der Waals surface area contributed by atoms with E-state index in [2.05, 4.69) is 18.7 Å². The van der Waals surface area contributed by atoms with Gasteiger partial charge >= 0.3 is 0 Å². The summed E-state index contributed by atoms with van der Waals surface area (Å²) >= 11 is 6.05. The number of methoxy groups -OCH3 is 2. The van der Waals surface area contributed by atoms with Gasteiger partial charge in [-0.15, -0.1) is 0 Å². The molecule has 1 aromatic carbocycles. The van der Waals surface area contributed by atoms with Gasteiger partial charge in [0.05, 0.1) is 24.9 Å². The van der Waals surface area contributed by atoms with Gasteiger partial charge < -0.3 is 14.4 Å². The molecule has 0 N–H and O–H groups in total. The lowest BCUT2D eigenvalue weighted by Gasteiger charge is -2.24. The zero-order valence-corrected chi connectivity index (χ0v) is 11.0. The van der Waals surface area contributed by atoms with Crippen LogP contribution in [0.25, 0.3) is 0 Å². The van der Waals surface area contributed by atoms with E-state index in [1.54, 1.807) is 14.2 Å². The van der Waals surface area contributed by atoms with Crippen LogP contribution in [0.15, 0.2) is 12.1 Å². The molecule has 0 aliphatic rings. The summed E-state index contributed by atoms with van der Waals surface area (Å²) in [7, 11) is 3.22. The first-order chi connectivity index (χ1) is 7.69. The maximum absolute atomic E-state index is 6.05. The third-order valence-electron chi connectivity index (χ3n) is 2.56. The van der Waals surface area contributed by atoms with E-state index < -0.39 is 0 Å². The van der Waals surface area contributed by atoms with E-state index in [4.69, 9.17) is 21.1 Å². The standard InChI is InChI=1S/C12H18ClNO2/c1-5-14(6-2)10-8-7-9(13)11(15-3)12(10)16-4/h7-8H,5-6H2,1-4H3. The second-order valence-corrected chi connectivity index (χ2v) is 3.71. The average Bonchev–Trinajstić information content (AvgIpc) is 2.31. The smallest absolute Gasteiger partial charge is 0.185 e. The molecular formula is C12H18ClNO2. The highest BCUT2D eigenvalue weighted by atomic mass is 35.5. The zero-order valence-electron chi connectivity index (χ0n) is 10.2. The molecule has 0 heterocycles. The number of hydrogen-bond acceptors (Lipinski definition) is 3. The van der Waals surface area contributed by atoms with Crippen LogP contribution in [0, 0.1) is 0 Å². The molecule has 3 nitrogen and oxygen atoms in total. The Morgan fingerprint density at radius 1 is 1.06 bits per heavy atom. The molecule has 0 fully saturated rings. The van der Waals surface area contributed by atoms with Crippen molar-refractivity contribution in [3.8, 4) is 11.5 Å². The molecule has 1 rings (SSSR count). The van der Waals surface area contributed by atoms with Crippen LogP contribution in [0.4, 0.5) is 5.69 Å². The van der Waals surface area contributed by atoms with E-state index in [9.17, 15) is 0 Å². The van der Waals surface area contributed by atoms with Gasteiger partial charge in [-0.2, -0.15) is 0 Å². The van der Waals surface area contributed by atoms with Gasteiger partial charge in [0, 0.05) is 13.1 Å². The number of rotatable bonds is 5. The maximum atomic E-state index is 6.05. The van der Waals surface area contributed by atoms with Crippen molar-refractivity contribution in [2.75, 3.05) is 32.2 Å². The van der Waals surface area contributed by atoms with E-state index in [-0.39, 0.29) is 0 Å². The molecule has 0 saturated heterocycles. The van der Waals surface area contributed by atoms with Crippen LogP contribution in [0.1, 0.15) is 13.8 Å². The summed E-state index contributed by atoms with van der Waals surface area (Å²) in [5.74, 6) is 1.28. The lowest BCUT2D eigenvalue weighted by atomic mass is 10.2. The van der Waals surface area contributed by atoms with E-state index in [1.165, 1.54) is 0 Å². The molecule has 0 radical (unpaired) electrons. The van der Waals surface area contributed by atoms with E-state index in [1.807, 2.05) is 12.1 Å². The number of benzene rings is 1. The van der Waals surface area contributed by atoms with Gasteiger partial charge in [-0.3, -0.25) is 0 Å². The van der Waals surface area contributed by atoms with Crippen molar-refractivity contribution in [1.82, 2.24) is 0 Å².